The molecule has 0 spiro atoms. The molecular formula is C20H24N2O8S. The summed E-state index contributed by atoms with van der Waals surface area (Å²) in [7, 11) is 0.420. The van der Waals surface area contributed by atoms with Crippen molar-refractivity contribution in [2.24, 2.45) is 0 Å². The SMILES string of the molecule is COc1ccc(S(=O)(=O)NC(C)C(=O)OCC(=O)Nc2ccc(OC)cc2OC)cc1. The van der Waals surface area contributed by atoms with E-state index in [0.717, 1.165) is 0 Å². The second kappa shape index (κ2) is 10.6. The van der Waals surface area contributed by atoms with Crippen molar-refractivity contribution in [1.82, 2.24) is 4.72 Å². The number of carbonyl (C=O) groups excluding carboxylic acids is 2. The van der Waals surface area contributed by atoms with E-state index in [9.17, 15) is 18.0 Å². The molecule has 0 saturated carbocycles. The average molecular weight is 452 g/mol. The zero-order chi connectivity index (χ0) is 23.0. The lowest BCUT2D eigenvalue weighted by molar-refractivity contribution is -0.148. The van der Waals surface area contributed by atoms with Crippen molar-refractivity contribution in [2.45, 2.75) is 17.9 Å². The van der Waals surface area contributed by atoms with Gasteiger partial charge in [0.25, 0.3) is 5.91 Å². The lowest BCUT2D eigenvalue weighted by Gasteiger charge is -2.15. The molecule has 168 valence electrons. The van der Waals surface area contributed by atoms with Crippen LogP contribution in [0.2, 0.25) is 0 Å². The molecule has 10 nitrogen and oxygen atoms in total. The summed E-state index contributed by atoms with van der Waals surface area (Å²) in [6, 6.07) is 9.21. The molecule has 2 rings (SSSR count). The Bertz CT molecular complexity index is 1020. The Morgan fingerprint density at radius 3 is 2.13 bits per heavy atom. The van der Waals surface area contributed by atoms with Crippen LogP contribution in [-0.2, 0) is 24.3 Å². The van der Waals surface area contributed by atoms with Crippen molar-refractivity contribution in [3.05, 3.63) is 42.5 Å². The second-order valence-corrected chi connectivity index (χ2v) is 7.95. The molecule has 2 N–H and O–H groups in total. The number of nitrogens with one attached hydrogen (secondary N) is 2. The number of hydrogen-bond acceptors (Lipinski definition) is 8. The molecule has 0 saturated heterocycles. The van der Waals surface area contributed by atoms with Gasteiger partial charge in [0.2, 0.25) is 10.0 Å². The first-order chi connectivity index (χ1) is 14.7. The van der Waals surface area contributed by atoms with Crippen LogP contribution in [0.25, 0.3) is 0 Å². The highest BCUT2D eigenvalue weighted by Gasteiger charge is 2.24. The summed E-state index contributed by atoms with van der Waals surface area (Å²) in [5.41, 5.74) is 0.359. The number of anilines is 1. The minimum absolute atomic E-state index is 0.0442. The lowest BCUT2D eigenvalue weighted by atomic mass is 10.2. The second-order valence-electron chi connectivity index (χ2n) is 6.24. The predicted molar refractivity (Wildman–Crippen MR) is 112 cm³/mol. The normalized spacial score (nSPS) is 11.9. The fourth-order valence-corrected chi connectivity index (χ4v) is 3.65. The first-order valence-electron chi connectivity index (χ1n) is 9.05. The molecule has 0 radical (unpaired) electrons. The molecule has 1 amide bonds. The van der Waals surface area contributed by atoms with Crippen LogP contribution < -0.4 is 24.2 Å². The highest BCUT2D eigenvalue weighted by molar-refractivity contribution is 7.89. The third-order valence-electron chi connectivity index (χ3n) is 4.08. The first kappa shape index (κ1) is 24.0. The summed E-state index contributed by atoms with van der Waals surface area (Å²) in [5, 5.41) is 2.54. The smallest absolute Gasteiger partial charge is 0.324 e. The topological polar surface area (TPSA) is 129 Å². The fraction of sp³-hybridized carbons (Fsp3) is 0.300. The van der Waals surface area contributed by atoms with E-state index in [0.29, 0.717) is 22.9 Å². The molecule has 0 bridgehead atoms. The first-order valence-corrected chi connectivity index (χ1v) is 10.5. The zero-order valence-electron chi connectivity index (χ0n) is 17.5. The van der Waals surface area contributed by atoms with E-state index >= 15 is 0 Å². The van der Waals surface area contributed by atoms with E-state index in [1.54, 1.807) is 18.2 Å². The quantitative estimate of drug-likeness (QED) is 0.520. The summed E-state index contributed by atoms with van der Waals surface area (Å²) in [6.45, 7) is 0.705. The Kier molecular flexibility index (Phi) is 8.22. The Morgan fingerprint density at radius 2 is 1.55 bits per heavy atom. The number of sulfonamides is 1. The Balaban J connectivity index is 1.91. The third-order valence-corrected chi connectivity index (χ3v) is 5.64. The van der Waals surface area contributed by atoms with Gasteiger partial charge in [-0.1, -0.05) is 0 Å². The fourth-order valence-electron chi connectivity index (χ4n) is 2.45. The maximum absolute atomic E-state index is 12.4. The number of carbonyl (C=O) groups is 2. The molecule has 31 heavy (non-hydrogen) atoms. The summed E-state index contributed by atoms with van der Waals surface area (Å²) in [4.78, 5) is 24.2. The monoisotopic (exact) mass is 452 g/mol. The molecule has 0 aromatic heterocycles. The third kappa shape index (κ3) is 6.59. The van der Waals surface area contributed by atoms with Crippen LogP contribution in [0.4, 0.5) is 5.69 Å². The van der Waals surface area contributed by atoms with Gasteiger partial charge in [-0.3, -0.25) is 9.59 Å². The molecule has 0 fully saturated rings. The van der Waals surface area contributed by atoms with Gasteiger partial charge in [-0.2, -0.15) is 4.72 Å². The van der Waals surface area contributed by atoms with Gasteiger partial charge >= 0.3 is 5.97 Å². The number of amides is 1. The van der Waals surface area contributed by atoms with E-state index < -0.39 is 34.5 Å². The van der Waals surface area contributed by atoms with Gasteiger partial charge < -0.3 is 24.3 Å². The number of methoxy groups -OCH3 is 3. The van der Waals surface area contributed by atoms with Gasteiger partial charge in [-0.15, -0.1) is 0 Å². The number of ether oxygens (including phenoxy) is 4. The van der Waals surface area contributed by atoms with Crippen LogP contribution in [0.5, 0.6) is 17.2 Å². The Labute approximate surface area is 180 Å². The van der Waals surface area contributed by atoms with Gasteiger partial charge in [0.15, 0.2) is 6.61 Å². The van der Waals surface area contributed by atoms with E-state index in [4.69, 9.17) is 18.9 Å². The molecule has 0 aliphatic carbocycles. The number of hydrogen-bond donors (Lipinski definition) is 2. The summed E-state index contributed by atoms with van der Waals surface area (Å²) in [6.07, 6.45) is 0. The molecule has 11 heteroatoms. The summed E-state index contributed by atoms with van der Waals surface area (Å²) in [5.74, 6) is -0.138. The van der Waals surface area contributed by atoms with E-state index in [1.165, 1.54) is 52.5 Å². The molecule has 0 aliphatic heterocycles. The van der Waals surface area contributed by atoms with Crippen molar-refractivity contribution in [1.29, 1.82) is 0 Å². The molecule has 0 aliphatic rings. The predicted octanol–water partition coefficient (Wildman–Crippen LogP) is 1.56. The molecule has 2 aromatic rings. The van der Waals surface area contributed by atoms with Crippen LogP contribution in [0.1, 0.15) is 6.92 Å². The van der Waals surface area contributed by atoms with Crippen LogP contribution >= 0.6 is 0 Å². The van der Waals surface area contributed by atoms with Crippen LogP contribution in [0.15, 0.2) is 47.4 Å². The lowest BCUT2D eigenvalue weighted by Crippen LogP contribution is -2.40. The average Bonchev–Trinajstić information content (AvgIpc) is 2.77. The Morgan fingerprint density at radius 1 is 0.935 bits per heavy atom. The minimum atomic E-state index is -3.97. The van der Waals surface area contributed by atoms with Gasteiger partial charge in [0.05, 0.1) is 31.9 Å². The van der Waals surface area contributed by atoms with Gasteiger partial charge in [0.1, 0.15) is 23.3 Å². The van der Waals surface area contributed by atoms with Crippen molar-refractivity contribution in [2.75, 3.05) is 33.3 Å². The summed E-state index contributed by atoms with van der Waals surface area (Å²) < 4.78 is 47.1. The molecule has 1 atom stereocenters. The molecule has 1 unspecified atom stereocenters. The van der Waals surface area contributed by atoms with E-state index in [2.05, 4.69) is 10.0 Å². The van der Waals surface area contributed by atoms with Crippen molar-refractivity contribution in [3.63, 3.8) is 0 Å². The molecule has 0 heterocycles. The number of esters is 1. The van der Waals surface area contributed by atoms with Gasteiger partial charge in [0, 0.05) is 6.07 Å². The van der Waals surface area contributed by atoms with Crippen molar-refractivity contribution in [3.8, 4) is 17.2 Å². The van der Waals surface area contributed by atoms with Crippen molar-refractivity contribution >= 4 is 27.6 Å². The van der Waals surface area contributed by atoms with Crippen molar-refractivity contribution < 1.29 is 37.0 Å². The van der Waals surface area contributed by atoms with Crippen LogP contribution in [-0.4, -0.2) is 54.3 Å². The van der Waals surface area contributed by atoms with Gasteiger partial charge in [-0.05, 0) is 43.3 Å². The highest BCUT2D eigenvalue weighted by Crippen LogP contribution is 2.28. The van der Waals surface area contributed by atoms with Gasteiger partial charge in [-0.25, -0.2) is 8.42 Å². The molecular weight excluding hydrogens is 428 g/mol. The van der Waals surface area contributed by atoms with E-state index in [1.807, 2.05) is 0 Å². The van der Waals surface area contributed by atoms with Crippen LogP contribution in [0.3, 0.4) is 0 Å². The number of benzene rings is 2. The van der Waals surface area contributed by atoms with Crippen LogP contribution in [0, 0.1) is 0 Å². The minimum Gasteiger partial charge on any atom is -0.497 e. The Hall–Kier alpha value is -3.31. The van der Waals surface area contributed by atoms with E-state index in [-0.39, 0.29) is 4.90 Å². The largest absolute Gasteiger partial charge is 0.497 e. The highest BCUT2D eigenvalue weighted by atomic mass is 32.2. The summed E-state index contributed by atoms with van der Waals surface area (Å²) >= 11 is 0. The zero-order valence-corrected chi connectivity index (χ0v) is 18.3. The maximum Gasteiger partial charge on any atom is 0.324 e. The maximum atomic E-state index is 12.4. The standard InChI is InChI=1S/C20H24N2O8S/c1-13(22-31(25,26)16-8-5-14(27-2)6-9-16)20(24)30-12-19(23)21-17-10-7-15(28-3)11-18(17)29-4/h5-11,13,22H,12H2,1-4H3,(H,21,23). The number of rotatable bonds is 10. The molecule has 2 aromatic carbocycles.